The summed E-state index contributed by atoms with van der Waals surface area (Å²) in [6.45, 7) is 11.3. The van der Waals surface area contributed by atoms with Crippen LogP contribution in [-0.4, -0.2) is 30.6 Å². The van der Waals surface area contributed by atoms with Crippen molar-refractivity contribution in [1.29, 1.82) is 0 Å². The van der Waals surface area contributed by atoms with Crippen LogP contribution in [0.3, 0.4) is 0 Å². The fraction of sp³-hybridized carbons (Fsp3) is 0.325. The van der Waals surface area contributed by atoms with Crippen molar-refractivity contribution < 1.29 is 19.4 Å². The molecule has 1 heterocycles. The van der Waals surface area contributed by atoms with Gasteiger partial charge in [0.15, 0.2) is 0 Å². The number of allylic oxidation sites excluding steroid dienone is 3. The first kappa shape index (κ1) is 33.8. The van der Waals surface area contributed by atoms with E-state index in [9.17, 15) is 9.90 Å². The number of aliphatic hydroxyl groups is 1. The zero-order chi connectivity index (χ0) is 32.7. The van der Waals surface area contributed by atoms with Crippen molar-refractivity contribution in [1.82, 2.24) is 0 Å². The van der Waals surface area contributed by atoms with Gasteiger partial charge < -0.3 is 14.6 Å². The molecule has 1 aliphatic carbocycles. The van der Waals surface area contributed by atoms with E-state index in [-0.39, 0.29) is 29.4 Å². The van der Waals surface area contributed by atoms with Crippen LogP contribution < -0.4 is 10.4 Å². The third-order valence-corrected chi connectivity index (χ3v) is 15.4. The number of hydrogen-bond donors (Lipinski definition) is 2. The summed E-state index contributed by atoms with van der Waals surface area (Å²) in [7, 11) is -2.88. The van der Waals surface area contributed by atoms with E-state index in [1.54, 1.807) is 11.3 Å². The monoisotopic (exact) mass is 650 g/mol. The molecule has 0 aliphatic heterocycles. The summed E-state index contributed by atoms with van der Waals surface area (Å²) < 4.78 is 8.93. The summed E-state index contributed by atoms with van der Waals surface area (Å²) in [5.41, 5.74) is 1.04. The van der Waals surface area contributed by atoms with E-state index in [4.69, 9.17) is 9.53 Å². The lowest BCUT2D eigenvalue weighted by molar-refractivity contribution is -0.137. The fourth-order valence-electron chi connectivity index (χ4n) is 6.86. The van der Waals surface area contributed by atoms with E-state index >= 15 is 0 Å². The van der Waals surface area contributed by atoms with Crippen LogP contribution in [0.1, 0.15) is 63.9 Å². The molecular weight excluding hydrogens is 605 g/mol. The second-order valence-electron chi connectivity index (χ2n) is 13.4. The summed E-state index contributed by atoms with van der Waals surface area (Å²) in [5, 5.41) is 23.5. The molecule has 4 aromatic rings. The van der Waals surface area contributed by atoms with Crippen molar-refractivity contribution in [2.75, 3.05) is 0 Å². The molecule has 46 heavy (non-hydrogen) atoms. The van der Waals surface area contributed by atoms with Crippen molar-refractivity contribution in [3.63, 3.8) is 0 Å². The molecule has 0 saturated heterocycles. The maximum atomic E-state index is 11.0. The smallest absolute Gasteiger partial charge is 0.303 e. The topological polar surface area (TPSA) is 66.8 Å². The van der Waals surface area contributed by atoms with Crippen LogP contribution in [0.2, 0.25) is 5.04 Å². The quantitative estimate of drug-likeness (QED) is 0.0862. The maximum Gasteiger partial charge on any atom is 0.303 e. The number of benzene rings is 3. The molecule has 240 valence electrons. The third-order valence-electron chi connectivity index (χ3n) is 9.17. The Labute approximate surface area is 278 Å². The van der Waals surface area contributed by atoms with Gasteiger partial charge in [0.1, 0.15) is 0 Å². The van der Waals surface area contributed by atoms with Crippen LogP contribution in [0.15, 0.2) is 127 Å². The van der Waals surface area contributed by atoms with E-state index < -0.39 is 20.4 Å². The predicted molar refractivity (Wildman–Crippen MR) is 194 cm³/mol. The lowest BCUT2D eigenvalue weighted by Gasteiger charge is -2.44. The van der Waals surface area contributed by atoms with Gasteiger partial charge in [-0.25, -0.2) is 0 Å². The summed E-state index contributed by atoms with van der Waals surface area (Å²) in [6, 6.07) is 32.3. The highest BCUT2D eigenvalue weighted by atomic mass is 32.1. The standard InChI is InChI=1S/C40H46O4SSi/c1-29-27-35(41)34(22-13-5-6-14-24-39(42)43)33(29)25-26-36(38-28-30-17-15-16-23-37(30)45-38)44-46(40(2,3)4,31-18-9-7-10-19-31)32-20-11-8-12-21-32/h5,7-13,15-21,23,25-26,28,33-36,41H,1,6,14,22,24,27H2,2-4H3,(H,42,43)/t33-,34+,35-,36+/m0/s1. The first-order chi connectivity index (χ1) is 22.1. The van der Waals surface area contributed by atoms with Crippen molar-refractivity contribution in [3.8, 4) is 0 Å². The van der Waals surface area contributed by atoms with Crippen LogP contribution >= 0.6 is 11.3 Å². The third kappa shape index (κ3) is 7.53. The second-order valence-corrected chi connectivity index (χ2v) is 18.8. The van der Waals surface area contributed by atoms with Gasteiger partial charge in [-0.3, -0.25) is 4.79 Å². The molecule has 1 fully saturated rings. The first-order valence-corrected chi connectivity index (χ1v) is 19.0. The van der Waals surface area contributed by atoms with E-state index in [0.717, 1.165) is 16.9 Å². The summed E-state index contributed by atoms with van der Waals surface area (Å²) in [6.07, 6.45) is 10.6. The van der Waals surface area contributed by atoms with Crippen molar-refractivity contribution in [3.05, 3.63) is 132 Å². The molecule has 1 aliphatic rings. The summed E-state index contributed by atoms with van der Waals surface area (Å²) in [4.78, 5) is 12.0. The summed E-state index contributed by atoms with van der Waals surface area (Å²) >= 11 is 1.78. The van der Waals surface area contributed by atoms with Gasteiger partial charge >= 0.3 is 5.97 Å². The molecule has 0 spiro atoms. The Hall–Kier alpha value is -3.55. The zero-order valence-electron chi connectivity index (χ0n) is 27.1. The highest BCUT2D eigenvalue weighted by molar-refractivity contribution is 7.19. The Kier molecular flexibility index (Phi) is 11.0. The van der Waals surface area contributed by atoms with Crippen molar-refractivity contribution >= 4 is 46.1 Å². The molecule has 0 amide bonds. The second kappa shape index (κ2) is 14.9. The molecule has 4 atom stereocenters. The fourth-order valence-corrected chi connectivity index (χ4v) is 12.6. The molecule has 5 rings (SSSR count). The molecule has 0 bridgehead atoms. The minimum atomic E-state index is -2.88. The highest BCUT2D eigenvalue weighted by Gasteiger charge is 2.51. The Morgan fingerprint density at radius 2 is 1.63 bits per heavy atom. The van der Waals surface area contributed by atoms with Crippen LogP contribution in [0.25, 0.3) is 10.1 Å². The summed E-state index contributed by atoms with van der Waals surface area (Å²) in [5.74, 6) is -0.747. The van der Waals surface area contributed by atoms with E-state index in [0.29, 0.717) is 19.3 Å². The zero-order valence-corrected chi connectivity index (χ0v) is 29.0. The number of aliphatic carboxylic acids is 1. The van der Waals surface area contributed by atoms with Crippen LogP contribution in [-0.2, 0) is 9.22 Å². The van der Waals surface area contributed by atoms with Crippen molar-refractivity contribution in [2.45, 2.75) is 70.1 Å². The SMILES string of the molecule is C=C1C[C@H](O)[C@H](CC=CCCCC(=O)O)[C@H]1C=C[C@@H](O[Si](c1ccccc1)(c1ccccc1)C(C)(C)C)c1cc2ccccc2s1. The van der Waals surface area contributed by atoms with Gasteiger partial charge in [0.25, 0.3) is 8.32 Å². The molecule has 0 unspecified atom stereocenters. The van der Waals surface area contributed by atoms with Crippen LogP contribution in [0.4, 0.5) is 0 Å². The molecule has 3 aromatic carbocycles. The maximum absolute atomic E-state index is 11.0. The molecule has 1 saturated carbocycles. The van der Waals surface area contributed by atoms with E-state index in [1.807, 2.05) is 6.08 Å². The molecule has 4 nitrogen and oxygen atoms in total. The lowest BCUT2D eigenvalue weighted by atomic mass is 9.89. The molecule has 0 radical (unpaired) electrons. The Bertz CT molecular complexity index is 1600. The van der Waals surface area contributed by atoms with E-state index in [2.05, 4.69) is 137 Å². The number of thiophene rings is 1. The van der Waals surface area contributed by atoms with Gasteiger partial charge in [-0.15, -0.1) is 11.3 Å². The largest absolute Gasteiger partial charge is 0.481 e. The minimum Gasteiger partial charge on any atom is -0.481 e. The van der Waals surface area contributed by atoms with E-state index in [1.165, 1.54) is 20.5 Å². The highest BCUT2D eigenvalue weighted by Crippen LogP contribution is 2.44. The molecule has 6 heteroatoms. The van der Waals surface area contributed by atoms with Crippen LogP contribution in [0.5, 0.6) is 0 Å². The number of carboxylic acid groups (broad SMARTS) is 1. The average molecular weight is 651 g/mol. The normalized spacial score (nSPS) is 19.8. The number of rotatable bonds is 13. The van der Waals surface area contributed by atoms with Gasteiger partial charge in [0.2, 0.25) is 0 Å². The first-order valence-electron chi connectivity index (χ1n) is 16.3. The Balaban J connectivity index is 1.54. The molecular formula is C40H46O4SSi. The number of aliphatic hydroxyl groups excluding tert-OH is 1. The van der Waals surface area contributed by atoms with Gasteiger partial charge in [-0.05, 0) is 64.5 Å². The molecule has 1 aromatic heterocycles. The lowest BCUT2D eigenvalue weighted by Crippen LogP contribution is -2.66. The number of fused-ring (bicyclic) bond motifs is 1. The van der Waals surface area contributed by atoms with Crippen molar-refractivity contribution in [2.24, 2.45) is 11.8 Å². The van der Waals surface area contributed by atoms with Crippen LogP contribution in [0, 0.1) is 11.8 Å². The Morgan fingerprint density at radius 1 is 1.00 bits per heavy atom. The average Bonchev–Trinajstić information content (AvgIpc) is 3.58. The number of carbonyl (C=O) groups is 1. The van der Waals surface area contributed by atoms with Gasteiger partial charge in [0, 0.05) is 21.9 Å². The predicted octanol–water partition coefficient (Wildman–Crippen LogP) is 8.83. The number of hydrogen-bond acceptors (Lipinski definition) is 4. The molecule has 2 N–H and O–H groups in total. The number of carboxylic acids is 1. The number of unbranched alkanes of at least 4 members (excludes halogenated alkanes) is 1. The van der Waals surface area contributed by atoms with Gasteiger partial charge in [-0.2, -0.15) is 0 Å². The Morgan fingerprint density at radius 3 is 2.24 bits per heavy atom. The van der Waals surface area contributed by atoms with Gasteiger partial charge in [-0.1, -0.05) is 136 Å². The minimum absolute atomic E-state index is 0.00963. The van der Waals surface area contributed by atoms with Gasteiger partial charge in [0.05, 0.1) is 12.2 Å².